The number of rotatable bonds is 33. The first-order valence-electron chi connectivity index (χ1n) is 49.9. The summed E-state index contributed by atoms with van der Waals surface area (Å²) in [6, 6.07) is 63.7. The standard InChI is InChI=1S/C25H29N5S.2C24H27N5S.C23H24N4OS.C22H22N4OS/c1-6-29(7-2)24-13-22(17(3)12-18(24)4)27-25-28-23(15-31-25)20-8-10-21(11-9-20)30-14-19(5)26-16-30;1-5-28(6-2)23-14-17(3)21(13-18(23)4)26-24-27-22(15-30-24)19-7-9-20(10-8-19)29-12-11-25-16-29;1-5-28(6-2)23-14-21(17(3)13-18(23)4)26-24-27-22(15-30-24)19-7-9-20(10-8-19)29-12-11-25-16-29;1-15(2)19-12-20(16(3)11-22(19)28-4)25-23-26-21(13-29-23)17-5-7-18(8-6-17)27-10-9-24-14-27;1-4-27-21-12-15(2)19(11-16(21)3)24-22-25-20(13-28-22)17-5-7-18(8-6-17)26-10-9-23-14-26/h8-16H,6-7H2,1-5H3,(H,27,28);2*7-16H,5-6H2,1-4H3,(H,26,27);5-15H,1-4H3,(H,25,26);5-14H,4H2,1-3H3,(H,24,25). The maximum Gasteiger partial charge on any atom is 0.187 e. The first-order chi connectivity index (χ1) is 71.8. The maximum atomic E-state index is 5.67. The Bertz CT molecular complexity index is 7660. The number of methoxy groups -OCH3 is 1. The maximum absolute atomic E-state index is 5.67. The number of anilines is 13. The first-order valence-corrected chi connectivity index (χ1v) is 54.3. The Morgan fingerprint density at radius 1 is 0.297 bits per heavy atom. The number of thiazole rings is 5. The zero-order chi connectivity index (χ0) is 104. The Kier molecular flexibility index (Phi) is 35.2. The highest BCUT2D eigenvalue weighted by Gasteiger charge is 2.21. The first kappa shape index (κ1) is 105. The second-order valence-corrected chi connectivity index (χ2v) is 40.4. The van der Waals surface area contributed by atoms with Gasteiger partial charge in [0.1, 0.15) is 11.5 Å². The van der Waals surface area contributed by atoms with Crippen molar-refractivity contribution in [3.05, 3.63) is 358 Å². The molecule has 10 aromatic carbocycles. The van der Waals surface area contributed by atoms with E-state index in [0.717, 1.165) is 212 Å². The number of ether oxygens (including phenoxy) is 2. The molecule has 10 aromatic heterocycles. The van der Waals surface area contributed by atoms with E-state index in [9.17, 15) is 0 Å². The van der Waals surface area contributed by atoms with Crippen LogP contribution in [-0.2, 0) is 0 Å². The number of aromatic nitrogens is 15. The molecule has 30 heteroatoms. The van der Waals surface area contributed by atoms with E-state index in [1.54, 1.807) is 114 Å². The normalized spacial score (nSPS) is 11.0. The van der Waals surface area contributed by atoms with E-state index in [-0.39, 0.29) is 0 Å². The van der Waals surface area contributed by atoms with Crippen molar-refractivity contribution in [2.75, 3.05) is 94.3 Å². The summed E-state index contributed by atoms with van der Waals surface area (Å²) in [6.07, 6.45) is 25.9. The van der Waals surface area contributed by atoms with Gasteiger partial charge in [-0.15, -0.1) is 56.7 Å². The summed E-state index contributed by atoms with van der Waals surface area (Å²) in [6.45, 7) is 47.4. The number of hydrogen-bond acceptors (Lipinski definition) is 25. The number of hydrogen-bond donors (Lipinski definition) is 5. The highest BCUT2D eigenvalue weighted by molar-refractivity contribution is 7.15. The number of aryl methyl sites for hydroxylation is 10. The molecule has 0 fully saturated rings. The van der Waals surface area contributed by atoms with Gasteiger partial charge >= 0.3 is 0 Å². The predicted molar refractivity (Wildman–Crippen MR) is 622 cm³/mol. The molecule has 20 rings (SSSR count). The van der Waals surface area contributed by atoms with E-state index in [2.05, 4.69) is 393 Å². The highest BCUT2D eigenvalue weighted by atomic mass is 32.1. The Labute approximate surface area is 889 Å². The molecule has 0 unspecified atom stereocenters. The summed E-state index contributed by atoms with van der Waals surface area (Å²) in [4.78, 5) is 51.8. The van der Waals surface area contributed by atoms with Gasteiger partial charge < -0.3 is 73.6 Å². The third-order valence-electron chi connectivity index (χ3n) is 25.7. The SMILES string of the molecule is CCN(CC)c1cc(C)c(Nc2nc(-c3ccc(-n4ccnc4)cc3)cs2)cc1C.CCN(CC)c1cc(Nc2nc(-c3ccc(-n4ccnc4)cc3)cs2)c(C)cc1C.CCN(CC)c1cc(Nc2nc(-c3ccc(-n4cnc(C)c4)cc3)cs2)c(C)cc1C.CCOc1cc(C)c(Nc2nc(-c3ccc(-n4ccnc4)cc3)cs2)cc1C.COc1cc(C)c(Nc2nc(-c3ccc(-n4ccnc4)cc3)cs2)cc1C(C)C. The zero-order valence-corrected chi connectivity index (χ0v) is 91.8. The van der Waals surface area contributed by atoms with Crippen molar-refractivity contribution in [3.8, 4) is 96.2 Å². The number of nitrogens with zero attached hydrogens (tertiary/aromatic N) is 18. The Hall–Kier alpha value is -15.6. The molecule has 25 nitrogen and oxygen atoms in total. The van der Waals surface area contributed by atoms with Gasteiger partial charge in [-0.25, -0.2) is 49.8 Å². The number of imidazole rings is 5. The molecule has 148 heavy (non-hydrogen) atoms. The molecule has 0 aliphatic carbocycles. The smallest absolute Gasteiger partial charge is 0.187 e. The molecule has 0 amide bonds. The molecule has 758 valence electrons. The van der Waals surface area contributed by atoms with Crippen LogP contribution in [0.1, 0.15) is 130 Å². The molecule has 0 saturated carbocycles. The fraction of sp³-hybridized carbons (Fsp3) is 0.237. The quantitative estimate of drug-likeness (QED) is 0.0257. The highest BCUT2D eigenvalue weighted by Crippen LogP contribution is 2.41. The van der Waals surface area contributed by atoms with Gasteiger partial charge in [0, 0.05) is 224 Å². The molecule has 0 bridgehead atoms. The van der Waals surface area contributed by atoms with Crippen LogP contribution in [0, 0.1) is 69.2 Å². The van der Waals surface area contributed by atoms with Gasteiger partial charge in [0.25, 0.3) is 0 Å². The second kappa shape index (κ2) is 49.5. The molecule has 0 aliphatic rings. The average molecular weight is 2060 g/mol. The molecule has 0 aliphatic heterocycles. The van der Waals surface area contributed by atoms with Crippen LogP contribution in [0.25, 0.3) is 84.7 Å². The monoisotopic (exact) mass is 2060 g/mol. The fourth-order valence-corrected chi connectivity index (χ4v) is 21.1. The summed E-state index contributed by atoms with van der Waals surface area (Å²) in [5.41, 5.74) is 38.2. The minimum Gasteiger partial charge on any atom is -0.496 e. The Morgan fingerprint density at radius 3 is 0.845 bits per heavy atom. The molecule has 0 atom stereocenters. The van der Waals surface area contributed by atoms with E-state index in [1.807, 2.05) is 74.0 Å². The van der Waals surface area contributed by atoms with E-state index >= 15 is 0 Å². The Morgan fingerprint density at radius 2 is 0.568 bits per heavy atom. The second-order valence-electron chi connectivity index (χ2n) is 36.2. The summed E-state index contributed by atoms with van der Waals surface area (Å²) in [7, 11) is 1.72. The van der Waals surface area contributed by atoms with E-state index in [1.165, 1.54) is 56.0 Å². The largest absolute Gasteiger partial charge is 0.496 e. The third-order valence-corrected chi connectivity index (χ3v) is 29.5. The van der Waals surface area contributed by atoms with Gasteiger partial charge in [0.2, 0.25) is 0 Å². The number of nitrogens with one attached hydrogen (secondary N) is 5. The van der Waals surface area contributed by atoms with Crippen molar-refractivity contribution in [2.45, 2.75) is 137 Å². The fourth-order valence-electron chi connectivity index (χ4n) is 17.4. The summed E-state index contributed by atoms with van der Waals surface area (Å²) < 4.78 is 21.2. The predicted octanol–water partition coefficient (Wildman–Crippen LogP) is 30.9. The van der Waals surface area contributed by atoms with Crippen LogP contribution < -0.4 is 50.8 Å². The molecule has 20 aromatic rings. The van der Waals surface area contributed by atoms with Crippen molar-refractivity contribution in [1.29, 1.82) is 0 Å². The van der Waals surface area contributed by atoms with E-state index in [0.29, 0.717) is 12.5 Å². The molecular weight excluding hydrogens is 1930 g/mol. The minimum absolute atomic E-state index is 0.381. The van der Waals surface area contributed by atoms with Gasteiger partial charge in [-0.05, 0) is 288 Å². The van der Waals surface area contributed by atoms with Crippen LogP contribution in [0.5, 0.6) is 11.5 Å². The van der Waals surface area contributed by atoms with Crippen LogP contribution in [-0.4, -0.2) is 126 Å². The van der Waals surface area contributed by atoms with Crippen molar-refractivity contribution in [3.63, 3.8) is 0 Å². The van der Waals surface area contributed by atoms with Gasteiger partial charge in [-0.2, -0.15) is 0 Å². The topological polar surface area (TPSA) is 242 Å². The van der Waals surface area contributed by atoms with Crippen molar-refractivity contribution in [1.82, 2.24) is 72.7 Å². The van der Waals surface area contributed by atoms with E-state index < -0.39 is 0 Å². The van der Waals surface area contributed by atoms with Crippen LogP contribution in [0.2, 0.25) is 0 Å². The summed E-state index contributed by atoms with van der Waals surface area (Å²) in [5, 5.41) is 32.4. The summed E-state index contributed by atoms with van der Waals surface area (Å²) >= 11 is 8.09. The van der Waals surface area contributed by atoms with Gasteiger partial charge in [0.05, 0.1) is 79.5 Å². The van der Waals surface area contributed by atoms with Crippen LogP contribution in [0.3, 0.4) is 0 Å². The van der Waals surface area contributed by atoms with Gasteiger partial charge in [-0.3, -0.25) is 0 Å². The zero-order valence-electron chi connectivity index (χ0n) is 87.7. The lowest BCUT2D eigenvalue weighted by Crippen LogP contribution is -2.22. The minimum atomic E-state index is 0.381. The van der Waals surface area contributed by atoms with Crippen molar-refractivity contribution < 1.29 is 9.47 Å². The summed E-state index contributed by atoms with van der Waals surface area (Å²) in [5.74, 6) is 2.25. The van der Waals surface area contributed by atoms with Gasteiger partial charge in [-0.1, -0.05) is 86.6 Å². The lowest BCUT2D eigenvalue weighted by atomic mass is 9.99. The molecule has 10 heterocycles. The third kappa shape index (κ3) is 26.1. The molecule has 0 radical (unpaired) electrons. The van der Waals surface area contributed by atoms with Gasteiger partial charge in [0.15, 0.2) is 25.7 Å². The molecule has 0 spiro atoms. The molecule has 0 saturated heterocycles. The van der Waals surface area contributed by atoms with Crippen LogP contribution in [0.4, 0.5) is 71.2 Å². The lowest BCUT2D eigenvalue weighted by molar-refractivity contribution is 0.337. The Balaban J connectivity index is 0.000000132. The molecular formula is C118H129N23O2S5. The number of benzene rings is 10. The molecule has 5 N–H and O–H groups in total. The van der Waals surface area contributed by atoms with Crippen LogP contribution >= 0.6 is 56.7 Å². The lowest BCUT2D eigenvalue weighted by Gasteiger charge is -2.24. The van der Waals surface area contributed by atoms with Crippen molar-refractivity contribution in [2.24, 2.45) is 0 Å². The van der Waals surface area contributed by atoms with Crippen LogP contribution in [0.15, 0.2) is 296 Å². The van der Waals surface area contributed by atoms with E-state index in [4.69, 9.17) is 34.4 Å². The van der Waals surface area contributed by atoms with Crippen molar-refractivity contribution >= 4 is 128 Å². The average Bonchev–Trinajstić information content (AvgIpc) is 1.57.